The van der Waals surface area contributed by atoms with Crippen LogP contribution >= 0.6 is 0 Å². The summed E-state index contributed by atoms with van der Waals surface area (Å²) in [6, 6.07) is 3.66. The second-order valence-corrected chi connectivity index (χ2v) is 5.20. The van der Waals surface area contributed by atoms with Crippen molar-refractivity contribution in [2.24, 2.45) is 5.92 Å². The smallest absolute Gasteiger partial charge is 0.339 e. The molecule has 1 fully saturated rings. The second kappa shape index (κ2) is 7.24. The van der Waals surface area contributed by atoms with E-state index in [1.54, 1.807) is 19.2 Å². The first kappa shape index (κ1) is 14.8. The number of piperidine rings is 1. The molecule has 0 aliphatic carbocycles. The fourth-order valence-corrected chi connectivity index (χ4v) is 2.49. The molecular weight excluding hydrogens is 254 g/mol. The number of rotatable bonds is 5. The Morgan fingerprint density at radius 3 is 2.80 bits per heavy atom. The molecule has 1 aliphatic heterocycles. The van der Waals surface area contributed by atoms with Crippen LogP contribution in [0.5, 0.6) is 0 Å². The Labute approximate surface area is 120 Å². The van der Waals surface area contributed by atoms with Gasteiger partial charge < -0.3 is 15.0 Å². The number of carbonyl (C=O) groups is 1. The van der Waals surface area contributed by atoms with Crippen LogP contribution in [0.3, 0.4) is 0 Å². The third-order valence-corrected chi connectivity index (χ3v) is 3.64. The molecule has 0 saturated carbocycles. The highest BCUT2D eigenvalue weighted by Crippen LogP contribution is 2.17. The molecule has 0 aromatic carbocycles. The lowest BCUT2D eigenvalue weighted by Crippen LogP contribution is -2.34. The van der Waals surface area contributed by atoms with E-state index in [0.717, 1.165) is 25.5 Å². The van der Waals surface area contributed by atoms with Crippen molar-refractivity contribution in [1.29, 1.82) is 0 Å². The lowest BCUT2D eigenvalue weighted by Gasteiger charge is -2.28. The van der Waals surface area contributed by atoms with Crippen molar-refractivity contribution in [3.8, 4) is 0 Å². The summed E-state index contributed by atoms with van der Waals surface area (Å²) < 4.78 is 4.95. The Morgan fingerprint density at radius 1 is 1.45 bits per heavy atom. The van der Waals surface area contributed by atoms with Crippen LogP contribution < -0.4 is 10.2 Å². The van der Waals surface area contributed by atoms with Gasteiger partial charge in [-0.2, -0.15) is 0 Å². The summed E-state index contributed by atoms with van der Waals surface area (Å²) in [6.45, 7) is 5.40. The van der Waals surface area contributed by atoms with Gasteiger partial charge in [-0.25, -0.2) is 9.78 Å². The first-order chi connectivity index (χ1) is 9.70. The van der Waals surface area contributed by atoms with Crippen LogP contribution in [-0.2, 0) is 4.74 Å². The van der Waals surface area contributed by atoms with Crippen LogP contribution in [0.2, 0.25) is 0 Å². The number of esters is 1. The van der Waals surface area contributed by atoms with Crippen molar-refractivity contribution in [3.63, 3.8) is 0 Å². The highest BCUT2D eigenvalue weighted by Gasteiger charge is 2.16. The molecule has 0 unspecified atom stereocenters. The zero-order valence-corrected chi connectivity index (χ0v) is 12.3. The molecule has 5 nitrogen and oxygen atoms in total. The molecule has 20 heavy (non-hydrogen) atoms. The fraction of sp³-hybridized carbons (Fsp3) is 0.600. The molecule has 0 amide bonds. The van der Waals surface area contributed by atoms with Gasteiger partial charge in [-0.1, -0.05) is 0 Å². The van der Waals surface area contributed by atoms with Crippen molar-refractivity contribution in [3.05, 3.63) is 23.9 Å². The lowest BCUT2D eigenvalue weighted by molar-refractivity contribution is 0.0526. The minimum Gasteiger partial charge on any atom is -0.462 e. The monoisotopic (exact) mass is 277 g/mol. The van der Waals surface area contributed by atoms with Crippen molar-refractivity contribution in [2.75, 3.05) is 38.2 Å². The molecule has 0 radical (unpaired) electrons. The highest BCUT2D eigenvalue weighted by atomic mass is 16.5. The zero-order valence-electron chi connectivity index (χ0n) is 12.3. The number of pyridine rings is 1. The number of carbonyl (C=O) groups excluding carboxylic acids is 1. The standard InChI is InChI=1S/C15H23N3O2/c1-3-20-15(19)13-4-5-14(17-10-13)18(2)11-12-6-8-16-9-7-12/h4-5,10,12,16H,3,6-9,11H2,1-2H3. The Morgan fingerprint density at radius 2 is 2.20 bits per heavy atom. The number of ether oxygens (including phenoxy) is 1. The second-order valence-electron chi connectivity index (χ2n) is 5.20. The maximum Gasteiger partial charge on any atom is 0.339 e. The van der Waals surface area contributed by atoms with E-state index in [1.807, 2.05) is 6.07 Å². The van der Waals surface area contributed by atoms with Gasteiger partial charge in [0.05, 0.1) is 12.2 Å². The van der Waals surface area contributed by atoms with E-state index < -0.39 is 0 Å². The van der Waals surface area contributed by atoms with Crippen molar-refractivity contribution in [1.82, 2.24) is 10.3 Å². The lowest BCUT2D eigenvalue weighted by atomic mass is 9.98. The molecule has 0 spiro atoms. The number of aromatic nitrogens is 1. The minimum atomic E-state index is -0.312. The van der Waals surface area contributed by atoms with Gasteiger partial charge in [-0.15, -0.1) is 0 Å². The zero-order chi connectivity index (χ0) is 14.4. The number of nitrogens with zero attached hydrogens (tertiary/aromatic N) is 2. The summed E-state index contributed by atoms with van der Waals surface area (Å²) in [5.74, 6) is 1.30. The summed E-state index contributed by atoms with van der Waals surface area (Å²) >= 11 is 0. The van der Waals surface area contributed by atoms with E-state index in [2.05, 4.69) is 22.2 Å². The summed E-state index contributed by atoms with van der Waals surface area (Å²) in [5.41, 5.74) is 0.505. The third-order valence-electron chi connectivity index (χ3n) is 3.64. The molecule has 2 rings (SSSR count). The van der Waals surface area contributed by atoms with E-state index in [0.29, 0.717) is 18.1 Å². The normalized spacial score (nSPS) is 15.9. The van der Waals surface area contributed by atoms with Crippen LogP contribution in [-0.4, -0.2) is 44.2 Å². The van der Waals surface area contributed by atoms with Crippen molar-refractivity contribution >= 4 is 11.8 Å². The summed E-state index contributed by atoms with van der Waals surface area (Å²) in [4.78, 5) is 18.1. The van der Waals surface area contributed by atoms with Gasteiger partial charge in [-0.3, -0.25) is 0 Å². The van der Waals surface area contributed by atoms with Gasteiger partial charge in [-0.05, 0) is 50.9 Å². The Bertz CT molecular complexity index is 427. The van der Waals surface area contributed by atoms with Gasteiger partial charge in [0.15, 0.2) is 0 Å². The molecule has 5 heteroatoms. The topological polar surface area (TPSA) is 54.5 Å². The van der Waals surface area contributed by atoms with Crippen molar-refractivity contribution < 1.29 is 9.53 Å². The molecule has 0 atom stereocenters. The molecule has 1 N–H and O–H groups in total. The van der Waals surface area contributed by atoms with E-state index in [4.69, 9.17) is 4.74 Å². The first-order valence-corrected chi connectivity index (χ1v) is 7.25. The number of hydrogen-bond donors (Lipinski definition) is 1. The van der Waals surface area contributed by atoms with Gasteiger partial charge in [0.25, 0.3) is 0 Å². The SMILES string of the molecule is CCOC(=O)c1ccc(N(C)CC2CCNCC2)nc1. The fourth-order valence-electron chi connectivity index (χ4n) is 2.49. The average molecular weight is 277 g/mol. The largest absolute Gasteiger partial charge is 0.462 e. The van der Waals surface area contributed by atoms with Gasteiger partial charge in [0, 0.05) is 19.8 Å². The van der Waals surface area contributed by atoms with E-state index in [-0.39, 0.29) is 5.97 Å². The summed E-state index contributed by atoms with van der Waals surface area (Å²) in [7, 11) is 2.05. The first-order valence-electron chi connectivity index (χ1n) is 7.25. The van der Waals surface area contributed by atoms with E-state index >= 15 is 0 Å². The molecule has 0 bridgehead atoms. The van der Waals surface area contributed by atoms with Crippen LogP contribution in [0.25, 0.3) is 0 Å². The predicted octanol–water partition coefficient (Wildman–Crippen LogP) is 1.69. The average Bonchev–Trinajstić information content (AvgIpc) is 2.48. The quantitative estimate of drug-likeness (QED) is 0.830. The number of nitrogens with one attached hydrogen (secondary N) is 1. The molecule has 1 aromatic heterocycles. The molecule has 1 aromatic rings. The summed E-state index contributed by atoms with van der Waals surface area (Å²) in [5, 5.41) is 3.37. The summed E-state index contributed by atoms with van der Waals surface area (Å²) in [6.07, 6.45) is 4.02. The Balaban J connectivity index is 1.92. The van der Waals surface area contributed by atoms with E-state index in [1.165, 1.54) is 12.8 Å². The van der Waals surface area contributed by atoms with Gasteiger partial charge in [0.1, 0.15) is 5.82 Å². The number of hydrogen-bond acceptors (Lipinski definition) is 5. The van der Waals surface area contributed by atoms with Crippen LogP contribution in [0.15, 0.2) is 18.3 Å². The van der Waals surface area contributed by atoms with Gasteiger partial charge >= 0.3 is 5.97 Å². The molecule has 110 valence electrons. The van der Waals surface area contributed by atoms with Crippen LogP contribution in [0.4, 0.5) is 5.82 Å². The Kier molecular flexibility index (Phi) is 5.35. The van der Waals surface area contributed by atoms with Gasteiger partial charge in [0.2, 0.25) is 0 Å². The van der Waals surface area contributed by atoms with E-state index in [9.17, 15) is 4.79 Å². The Hall–Kier alpha value is -1.62. The number of anilines is 1. The molecule has 1 aliphatic rings. The molecular formula is C15H23N3O2. The maximum absolute atomic E-state index is 11.6. The third kappa shape index (κ3) is 3.93. The minimum absolute atomic E-state index is 0.312. The maximum atomic E-state index is 11.6. The predicted molar refractivity (Wildman–Crippen MR) is 79.1 cm³/mol. The molecule has 1 saturated heterocycles. The highest BCUT2D eigenvalue weighted by molar-refractivity contribution is 5.89. The molecule has 2 heterocycles. The van der Waals surface area contributed by atoms with Crippen LogP contribution in [0, 0.1) is 5.92 Å². The van der Waals surface area contributed by atoms with Crippen molar-refractivity contribution in [2.45, 2.75) is 19.8 Å². The van der Waals surface area contributed by atoms with Crippen LogP contribution in [0.1, 0.15) is 30.1 Å².